The number of halogens is 1. The highest BCUT2D eigenvalue weighted by Gasteiger charge is 2.17. The van der Waals surface area contributed by atoms with Crippen LogP contribution in [0.1, 0.15) is 26.3 Å². The average molecular weight is 350 g/mol. The first kappa shape index (κ1) is 17.6. The van der Waals surface area contributed by atoms with Crippen LogP contribution >= 0.6 is 11.6 Å². The molecule has 7 heteroatoms. The molecule has 0 aliphatic heterocycles. The van der Waals surface area contributed by atoms with E-state index in [1.165, 1.54) is 25.3 Å². The molecule has 2 aromatic carbocycles. The number of benzene rings is 2. The molecule has 24 heavy (non-hydrogen) atoms. The molecule has 6 nitrogen and oxygen atoms in total. The molecular formula is C17H16ClNO5. The summed E-state index contributed by atoms with van der Waals surface area (Å²) in [6.07, 6.45) is 0. The normalized spacial score (nSPS) is 10.1. The molecule has 2 N–H and O–H groups in total. The molecule has 2 aromatic rings. The molecule has 0 aliphatic rings. The molecule has 0 bridgehead atoms. The number of rotatable bonds is 6. The summed E-state index contributed by atoms with van der Waals surface area (Å²) < 4.78 is 10.4. The van der Waals surface area contributed by atoms with Crippen molar-refractivity contribution in [3.05, 3.63) is 58.1 Å². The predicted molar refractivity (Wildman–Crippen MR) is 89.1 cm³/mol. The fourth-order valence-electron chi connectivity index (χ4n) is 2.16. The maximum Gasteiger partial charge on any atom is 0.336 e. The number of aromatic carboxylic acids is 1. The van der Waals surface area contributed by atoms with Crippen molar-refractivity contribution in [2.45, 2.75) is 6.54 Å². The molecule has 126 valence electrons. The van der Waals surface area contributed by atoms with Gasteiger partial charge in [0.1, 0.15) is 11.5 Å². The van der Waals surface area contributed by atoms with E-state index >= 15 is 0 Å². The fraction of sp³-hybridized carbons (Fsp3) is 0.176. The van der Waals surface area contributed by atoms with Gasteiger partial charge in [0.15, 0.2) is 0 Å². The Morgan fingerprint density at radius 2 is 1.83 bits per heavy atom. The number of hydrogen-bond acceptors (Lipinski definition) is 4. The first-order valence-electron chi connectivity index (χ1n) is 6.98. The van der Waals surface area contributed by atoms with Crippen LogP contribution in [0.15, 0.2) is 36.4 Å². The Bertz CT molecular complexity index is 776. The molecule has 2 rings (SSSR count). The van der Waals surface area contributed by atoms with Crippen molar-refractivity contribution >= 4 is 23.5 Å². The Kier molecular flexibility index (Phi) is 5.65. The van der Waals surface area contributed by atoms with Crippen LogP contribution in [0.5, 0.6) is 11.5 Å². The highest BCUT2D eigenvalue weighted by atomic mass is 35.5. The van der Waals surface area contributed by atoms with E-state index in [0.717, 1.165) is 5.56 Å². The summed E-state index contributed by atoms with van der Waals surface area (Å²) in [4.78, 5) is 23.5. The molecule has 0 atom stereocenters. The van der Waals surface area contributed by atoms with Gasteiger partial charge in [-0.2, -0.15) is 0 Å². The highest BCUT2D eigenvalue weighted by molar-refractivity contribution is 6.31. The second kappa shape index (κ2) is 7.70. The van der Waals surface area contributed by atoms with Crippen LogP contribution in [-0.4, -0.2) is 31.2 Å². The molecule has 0 fully saturated rings. The SMILES string of the molecule is COc1ccc(CNC(=O)c2cc(Cl)ccc2C(=O)O)c(OC)c1. The molecule has 0 aliphatic carbocycles. The standard InChI is InChI=1S/C17H16ClNO5/c1-23-12-5-3-10(15(8-12)24-2)9-19-16(20)14-7-11(18)4-6-13(14)17(21)22/h3-8H,9H2,1-2H3,(H,19,20)(H,21,22). The molecule has 0 radical (unpaired) electrons. The number of carboxylic acids is 1. The van der Waals surface area contributed by atoms with E-state index < -0.39 is 11.9 Å². The zero-order valence-electron chi connectivity index (χ0n) is 13.1. The third-order valence-corrected chi connectivity index (χ3v) is 3.63. The van der Waals surface area contributed by atoms with Crippen LogP contribution in [0, 0.1) is 0 Å². The van der Waals surface area contributed by atoms with E-state index in [-0.39, 0.29) is 22.7 Å². The lowest BCUT2D eigenvalue weighted by molar-refractivity contribution is 0.0691. The number of carbonyl (C=O) groups excluding carboxylic acids is 1. The molecule has 0 unspecified atom stereocenters. The van der Waals surface area contributed by atoms with Crippen LogP contribution in [0.25, 0.3) is 0 Å². The minimum atomic E-state index is -1.20. The lowest BCUT2D eigenvalue weighted by atomic mass is 10.1. The van der Waals surface area contributed by atoms with Gasteiger partial charge < -0.3 is 19.9 Å². The monoisotopic (exact) mass is 349 g/mol. The Labute approximate surface area is 144 Å². The maximum atomic E-state index is 12.3. The van der Waals surface area contributed by atoms with E-state index in [9.17, 15) is 14.7 Å². The van der Waals surface area contributed by atoms with E-state index in [2.05, 4.69) is 5.32 Å². The van der Waals surface area contributed by atoms with Crippen molar-refractivity contribution in [2.75, 3.05) is 14.2 Å². The summed E-state index contributed by atoms with van der Waals surface area (Å²) in [5.74, 6) is -0.546. The first-order valence-corrected chi connectivity index (χ1v) is 7.36. The minimum Gasteiger partial charge on any atom is -0.497 e. The summed E-state index contributed by atoms with van der Waals surface area (Å²) in [7, 11) is 3.06. The predicted octanol–water partition coefficient (Wildman–Crippen LogP) is 2.99. The van der Waals surface area contributed by atoms with Crippen molar-refractivity contribution in [3.8, 4) is 11.5 Å². The van der Waals surface area contributed by atoms with Gasteiger partial charge >= 0.3 is 5.97 Å². The van der Waals surface area contributed by atoms with Gasteiger partial charge in [0.2, 0.25) is 0 Å². The van der Waals surface area contributed by atoms with Crippen LogP contribution in [-0.2, 0) is 6.54 Å². The van der Waals surface area contributed by atoms with E-state index in [1.54, 1.807) is 25.3 Å². The van der Waals surface area contributed by atoms with Gasteiger partial charge in [-0.15, -0.1) is 0 Å². The molecule has 1 amide bonds. The largest absolute Gasteiger partial charge is 0.497 e. The van der Waals surface area contributed by atoms with Gasteiger partial charge in [0.25, 0.3) is 5.91 Å². The van der Waals surface area contributed by atoms with Crippen molar-refractivity contribution < 1.29 is 24.2 Å². The van der Waals surface area contributed by atoms with Crippen LogP contribution in [0.2, 0.25) is 5.02 Å². The molecule has 0 saturated carbocycles. The minimum absolute atomic E-state index is 0.00229. The molecule has 0 heterocycles. The second-order valence-electron chi connectivity index (χ2n) is 4.86. The van der Waals surface area contributed by atoms with E-state index in [0.29, 0.717) is 11.5 Å². The summed E-state index contributed by atoms with van der Waals surface area (Å²) in [6, 6.07) is 9.25. The Morgan fingerprint density at radius 3 is 2.46 bits per heavy atom. The highest BCUT2D eigenvalue weighted by Crippen LogP contribution is 2.24. The number of hydrogen-bond donors (Lipinski definition) is 2. The maximum absolute atomic E-state index is 12.3. The average Bonchev–Trinajstić information content (AvgIpc) is 2.59. The summed E-state index contributed by atoms with van der Waals surface area (Å²) in [6.45, 7) is 0.164. The summed E-state index contributed by atoms with van der Waals surface area (Å²) in [5.41, 5.74) is 0.617. The number of amides is 1. The first-order chi connectivity index (χ1) is 11.5. The van der Waals surface area contributed by atoms with Crippen molar-refractivity contribution in [2.24, 2.45) is 0 Å². The van der Waals surface area contributed by atoms with Gasteiger partial charge in [-0.3, -0.25) is 4.79 Å². The van der Waals surface area contributed by atoms with E-state index in [1.807, 2.05) is 0 Å². The lowest BCUT2D eigenvalue weighted by Gasteiger charge is -2.12. The van der Waals surface area contributed by atoms with Gasteiger partial charge in [0.05, 0.1) is 25.3 Å². The van der Waals surface area contributed by atoms with Gasteiger partial charge in [-0.1, -0.05) is 11.6 Å². The number of nitrogens with one attached hydrogen (secondary N) is 1. The second-order valence-corrected chi connectivity index (χ2v) is 5.29. The number of carboxylic acid groups (broad SMARTS) is 1. The molecular weight excluding hydrogens is 334 g/mol. The number of ether oxygens (including phenoxy) is 2. The fourth-order valence-corrected chi connectivity index (χ4v) is 2.33. The van der Waals surface area contributed by atoms with Crippen molar-refractivity contribution in [1.29, 1.82) is 0 Å². The smallest absolute Gasteiger partial charge is 0.336 e. The topological polar surface area (TPSA) is 84.9 Å². The zero-order valence-corrected chi connectivity index (χ0v) is 13.9. The Morgan fingerprint density at radius 1 is 1.08 bits per heavy atom. The molecule has 0 aromatic heterocycles. The van der Waals surface area contributed by atoms with Crippen molar-refractivity contribution in [3.63, 3.8) is 0 Å². The summed E-state index contributed by atoms with van der Waals surface area (Å²) in [5, 5.41) is 12.1. The zero-order chi connectivity index (χ0) is 17.7. The van der Waals surface area contributed by atoms with Crippen LogP contribution in [0.3, 0.4) is 0 Å². The third-order valence-electron chi connectivity index (χ3n) is 3.39. The lowest BCUT2D eigenvalue weighted by Crippen LogP contribution is -2.25. The van der Waals surface area contributed by atoms with Gasteiger partial charge in [-0.05, 0) is 30.3 Å². The van der Waals surface area contributed by atoms with Gasteiger partial charge in [0, 0.05) is 23.2 Å². The third kappa shape index (κ3) is 3.97. The Hall–Kier alpha value is -2.73. The number of methoxy groups -OCH3 is 2. The van der Waals surface area contributed by atoms with Crippen LogP contribution < -0.4 is 14.8 Å². The molecule has 0 saturated heterocycles. The summed E-state index contributed by atoms with van der Waals surface area (Å²) >= 11 is 5.86. The number of carbonyl (C=O) groups is 2. The Balaban J connectivity index is 2.20. The quantitative estimate of drug-likeness (QED) is 0.837. The van der Waals surface area contributed by atoms with E-state index in [4.69, 9.17) is 21.1 Å². The molecule has 0 spiro atoms. The van der Waals surface area contributed by atoms with Gasteiger partial charge in [-0.25, -0.2) is 4.79 Å². The van der Waals surface area contributed by atoms with Crippen molar-refractivity contribution in [1.82, 2.24) is 5.32 Å². The van der Waals surface area contributed by atoms with Crippen LogP contribution in [0.4, 0.5) is 0 Å².